The first-order valence-electron chi connectivity index (χ1n) is 5.65. The van der Waals surface area contributed by atoms with E-state index in [1.54, 1.807) is 0 Å². The van der Waals surface area contributed by atoms with E-state index >= 15 is 0 Å². The molecule has 1 aliphatic heterocycles. The number of rotatable bonds is 3. The Kier molecular flexibility index (Phi) is 17.2. The van der Waals surface area contributed by atoms with Gasteiger partial charge in [0.2, 0.25) is 0 Å². The Morgan fingerprint density at radius 1 is 1.14 bits per heavy atom. The zero-order valence-electron chi connectivity index (χ0n) is 11.4. The van der Waals surface area contributed by atoms with Crippen LogP contribution in [-0.2, 0) is 37.6 Å². The molecule has 133 valence electrons. The zero-order valence-corrected chi connectivity index (χ0v) is 13.9. The quantitative estimate of drug-likeness (QED) is 0.260. The maximum absolute atomic E-state index is 9.56. The first-order chi connectivity index (χ1) is 8.99. The van der Waals surface area contributed by atoms with Crippen molar-refractivity contribution in [3.63, 3.8) is 0 Å². The van der Waals surface area contributed by atoms with Crippen LogP contribution in [0.5, 0.6) is 0 Å². The van der Waals surface area contributed by atoms with Gasteiger partial charge in [-0.3, -0.25) is 17.9 Å². The van der Waals surface area contributed by atoms with Gasteiger partial charge < -0.3 is 19.5 Å². The molecule has 0 unspecified atom stereocenters. The average molecular weight is 400 g/mol. The maximum atomic E-state index is 9.56. The molecule has 1 heterocycles. The molecule has 21 heavy (non-hydrogen) atoms. The van der Waals surface area contributed by atoms with Crippen LogP contribution in [0.1, 0.15) is 6.92 Å². The van der Waals surface area contributed by atoms with Crippen molar-refractivity contribution < 1.29 is 52.7 Å². The standard InChI is InChI=1S/C6H14N2O.C2H6O3S.Cu.H2O4S/c9-6-5-8-3-1-7-2-4-8;1-2-6(3,4)5;;1-5(2,3)4/h7,9H,1-6H2;2H2,1H3,(H,3,4,5);;(H2,1,2,3,4)/q;;+2;/p-2. The molecule has 0 spiro atoms. The largest absolute Gasteiger partial charge is 2.00 e. The molecular weight excluding hydrogens is 380 g/mol. The van der Waals surface area contributed by atoms with E-state index in [0.29, 0.717) is 6.61 Å². The number of hydrogen-bond acceptors (Lipinski definition) is 9. The van der Waals surface area contributed by atoms with Crippen LogP contribution in [0.3, 0.4) is 0 Å². The van der Waals surface area contributed by atoms with Crippen molar-refractivity contribution in [3.05, 3.63) is 0 Å². The maximum Gasteiger partial charge on any atom is 2.00 e. The third kappa shape index (κ3) is 33.2. The summed E-state index contributed by atoms with van der Waals surface area (Å²) < 4.78 is 61.0. The van der Waals surface area contributed by atoms with Crippen molar-refractivity contribution >= 4 is 20.5 Å². The summed E-state index contributed by atoms with van der Waals surface area (Å²) in [6.45, 7) is 6.80. The molecule has 3 N–H and O–H groups in total. The van der Waals surface area contributed by atoms with Gasteiger partial charge in [0.15, 0.2) is 0 Å². The van der Waals surface area contributed by atoms with E-state index in [2.05, 4.69) is 10.2 Å². The van der Waals surface area contributed by atoms with Crippen molar-refractivity contribution in [2.75, 3.05) is 45.1 Å². The molecule has 0 aromatic heterocycles. The summed E-state index contributed by atoms with van der Waals surface area (Å²) in [7, 11) is -8.83. The van der Waals surface area contributed by atoms with Gasteiger partial charge in [0.05, 0.1) is 12.4 Å². The van der Waals surface area contributed by atoms with Gasteiger partial charge in [-0.2, -0.15) is 8.42 Å². The molecule has 0 saturated carbocycles. The molecule has 0 aromatic rings. The van der Waals surface area contributed by atoms with E-state index in [0.717, 1.165) is 32.7 Å². The van der Waals surface area contributed by atoms with Gasteiger partial charge in [0.25, 0.3) is 10.1 Å². The molecule has 13 heteroatoms. The van der Waals surface area contributed by atoms with Gasteiger partial charge >= 0.3 is 17.1 Å². The first-order valence-corrected chi connectivity index (χ1v) is 8.59. The van der Waals surface area contributed by atoms with Gasteiger partial charge in [0, 0.05) is 43.1 Å². The summed E-state index contributed by atoms with van der Waals surface area (Å²) in [5, 5.41) is 11.8. The number of aliphatic hydroxyl groups is 1. The zero-order chi connectivity index (χ0) is 16.2. The van der Waals surface area contributed by atoms with Crippen molar-refractivity contribution in [2.45, 2.75) is 6.92 Å². The Bertz CT molecular complexity index is 411. The number of nitrogens with one attached hydrogen (secondary N) is 1. The molecule has 0 aromatic carbocycles. The van der Waals surface area contributed by atoms with Crippen molar-refractivity contribution in [1.82, 2.24) is 10.2 Å². The Hall–Kier alpha value is 0.179. The Labute approximate surface area is 135 Å². The van der Waals surface area contributed by atoms with Crippen LogP contribution in [0.4, 0.5) is 0 Å². The summed E-state index contributed by atoms with van der Waals surface area (Å²) in [6, 6.07) is 0. The predicted octanol–water partition coefficient (Wildman–Crippen LogP) is -2.56. The number of aliphatic hydroxyl groups excluding tert-OH is 1. The first kappa shape index (κ1) is 26.1. The number of piperazine rings is 1. The molecule has 1 aliphatic rings. The minimum atomic E-state index is -5.17. The summed E-state index contributed by atoms with van der Waals surface area (Å²) >= 11 is 0. The fourth-order valence-electron chi connectivity index (χ4n) is 1.08. The van der Waals surface area contributed by atoms with Crippen LogP contribution in [-0.4, -0.2) is 85.6 Å². The normalized spacial score (nSPS) is 15.7. The molecular formula is C8H20CuN2O8S2. The summed E-state index contributed by atoms with van der Waals surface area (Å²) in [4.78, 5) is 2.26. The minimum absolute atomic E-state index is 0. The van der Waals surface area contributed by atoms with Crippen molar-refractivity contribution in [3.8, 4) is 0 Å². The Morgan fingerprint density at radius 2 is 1.48 bits per heavy atom. The second kappa shape index (κ2) is 13.8. The number of hydrogen-bond donors (Lipinski definition) is 3. The topological polar surface area (TPSA) is 170 Å². The van der Waals surface area contributed by atoms with Gasteiger partial charge in [0.1, 0.15) is 0 Å². The Balaban J connectivity index is -0.000000240. The van der Waals surface area contributed by atoms with Gasteiger partial charge in [-0.15, -0.1) is 0 Å². The monoisotopic (exact) mass is 399 g/mol. The van der Waals surface area contributed by atoms with E-state index in [9.17, 15) is 8.42 Å². The van der Waals surface area contributed by atoms with Gasteiger partial charge in [-0.25, -0.2) is 0 Å². The fourth-order valence-corrected chi connectivity index (χ4v) is 1.08. The van der Waals surface area contributed by atoms with Crippen LogP contribution in [0.25, 0.3) is 0 Å². The molecule has 0 atom stereocenters. The summed E-state index contributed by atoms with van der Waals surface area (Å²) in [6.07, 6.45) is 0. The Morgan fingerprint density at radius 3 is 1.71 bits per heavy atom. The third-order valence-corrected chi connectivity index (χ3v) is 2.72. The average Bonchev–Trinajstić information content (AvgIpc) is 2.28. The van der Waals surface area contributed by atoms with Gasteiger partial charge in [-0.1, -0.05) is 0 Å². The third-order valence-electron chi connectivity index (χ3n) is 1.99. The minimum Gasteiger partial charge on any atom is -0.759 e. The van der Waals surface area contributed by atoms with E-state index < -0.39 is 20.5 Å². The van der Waals surface area contributed by atoms with Crippen LogP contribution < -0.4 is 5.32 Å². The van der Waals surface area contributed by atoms with E-state index in [-0.39, 0.29) is 22.8 Å². The van der Waals surface area contributed by atoms with Gasteiger partial charge in [-0.05, 0) is 6.92 Å². The van der Waals surface area contributed by atoms with E-state index in [1.165, 1.54) is 6.92 Å². The van der Waals surface area contributed by atoms with E-state index in [1.807, 2.05) is 0 Å². The molecule has 0 bridgehead atoms. The molecule has 10 nitrogen and oxygen atoms in total. The predicted molar refractivity (Wildman–Crippen MR) is 69.0 cm³/mol. The second-order valence-electron chi connectivity index (χ2n) is 3.59. The van der Waals surface area contributed by atoms with Crippen LogP contribution in [0.2, 0.25) is 0 Å². The van der Waals surface area contributed by atoms with Crippen LogP contribution >= 0.6 is 0 Å². The van der Waals surface area contributed by atoms with Crippen molar-refractivity contribution in [2.24, 2.45) is 0 Å². The second-order valence-corrected chi connectivity index (χ2v) is 6.15. The fraction of sp³-hybridized carbons (Fsp3) is 1.00. The molecule has 1 rings (SSSR count). The molecule has 1 radical (unpaired) electrons. The van der Waals surface area contributed by atoms with Crippen LogP contribution in [0, 0.1) is 0 Å². The van der Waals surface area contributed by atoms with E-state index in [4.69, 9.17) is 27.2 Å². The summed E-state index contributed by atoms with van der Waals surface area (Å²) in [5.74, 6) is -0.201. The molecule has 0 aliphatic carbocycles. The molecule has 1 fully saturated rings. The number of nitrogens with zero attached hydrogens (tertiary/aromatic N) is 1. The van der Waals surface area contributed by atoms with Crippen molar-refractivity contribution in [1.29, 1.82) is 0 Å². The SMILES string of the molecule is CCS(=O)(=O)O.O=S(=O)([O-])[O-].OCCN1CCNCC1.[Cu+2]. The smallest absolute Gasteiger partial charge is 0.759 e. The molecule has 1 saturated heterocycles. The summed E-state index contributed by atoms with van der Waals surface area (Å²) in [5.41, 5.74) is 0. The number of β-amino-alcohol motifs (C(OH)–C–C–N with tert-alkyl or cyclic N) is 1. The molecule has 0 amide bonds. The van der Waals surface area contributed by atoms with Crippen LogP contribution in [0.15, 0.2) is 0 Å².